The fourth-order valence-electron chi connectivity index (χ4n) is 4.30. The molecule has 3 heteroatoms. The second kappa shape index (κ2) is 9.75. The summed E-state index contributed by atoms with van der Waals surface area (Å²) in [6.07, 6.45) is 8.38. The van der Waals surface area contributed by atoms with E-state index in [-0.39, 0.29) is 12.2 Å². The zero-order valence-electron chi connectivity index (χ0n) is 16.2. The van der Waals surface area contributed by atoms with Crippen LogP contribution in [0, 0.1) is 40.9 Å². The quantitative estimate of drug-likeness (QED) is 0.574. The summed E-state index contributed by atoms with van der Waals surface area (Å²) in [5.74, 6) is 8.32. The van der Waals surface area contributed by atoms with Crippen LogP contribution in [-0.2, 0) is 9.47 Å². The molecule has 0 spiro atoms. The lowest BCUT2D eigenvalue weighted by atomic mass is 9.73. The Balaban J connectivity index is 1.45. The summed E-state index contributed by atoms with van der Waals surface area (Å²) in [7, 11) is 0. The molecule has 3 nitrogen and oxygen atoms in total. The Kier molecular flexibility index (Phi) is 7.11. The molecule has 1 saturated carbocycles. The number of nitrogens with zero attached hydrogens (tertiary/aromatic N) is 1. The molecule has 2 aliphatic rings. The maximum atomic E-state index is 8.83. The summed E-state index contributed by atoms with van der Waals surface area (Å²) in [6.45, 7) is 7.44. The van der Waals surface area contributed by atoms with Gasteiger partial charge >= 0.3 is 0 Å². The molecule has 1 aromatic carbocycles. The van der Waals surface area contributed by atoms with Gasteiger partial charge in [0.15, 0.2) is 0 Å². The van der Waals surface area contributed by atoms with Gasteiger partial charge in [0.05, 0.1) is 31.0 Å². The molecule has 0 radical (unpaired) electrons. The highest BCUT2D eigenvalue weighted by Gasteiger charge is 2.33. The number of allylic oxidation sites excluding steroid dienone is 1. The fraction of sp³-hybridized carbons (Fsp3) is 0.542. The van der Waals surface area contributed by atoms with Crippen LogP contribution in [-0.4, -0.2) is 25.4 Å². The van der Waals surface area contributed by atoms with E-state index in [1.54, 1.807) is 12.1 Å². The number of nitriles is 1. The highest BCUT2D eigenvalue weighted by Crippen LogP contribution is 2.37. The lowest BCUT2D eigenvalue weighted by molar-refractivity contribution is -0.138. The third-order valence-electron chi connectivity index (χ3n) is 6.04. The van der Waals surface area contributed by atoms with Crippen LogP contribution >= 0.6 is 0 Å². The molecule has 0 bridgehead atoms. The Labute approximate surface area is 163 Å². The third-order valence-corrected chi connectivity index (χ3v) is 6.04. The first-order valence-corrected chi connectivity index (χ1v) is 10.1. The van der Waals surface area contributed by atoms with Crippen molar-refractivity contribution in [3.8, 4) is 17.9 Å². The Morgan fingerprint density at radius 1 is 1.11 bits per heavy atom. The molecule has 1 aliphatic carbocycles. The minimum absolute atomic E-state index is 0.168. The van der Waals surface area contributed by atoms with Gasteiger partial charge in [-0.3, -0.25) is 0 Å². The van der Waals surface area contributed by atoms with E-state index in [1.807, 2.05) is 12.1 Å². The molecule has 1 heterocycles. The molecule has 142 valence electrons. The van der Waals surface area contributed by atoms with E-state index in [1.165, 1.54) is 32.1 Å². The van der Waals surface area contributed by atoms with Gasteiger partial charge in [0, 0.05) is 5.56 Å². The van der Waals surface area contributed by atoms with Crippen molar-refractivity contribution in [2.75, 3.05) is 13.2 Å². The lowest BCUT2D eigenvalue weighted by Crippen LogP contribution is -2.41. The molecule has 0 amide bonds. The summed E-state index contributed by atoms with van der Waals surface area (Å²) in [4.78, 5) is 0. The van der Waals surface area contributed by atoms with E-state index in [9.17, 15) is 0 Å². The van der Waals surface area contributed by atoms with Crippen molar-refractivity contribution in [2.45, 2.75) is 51.2 Å². The lowest BCUT2D eigenvalue weighted by Gasteiger charge is -2.38. The minimum Gasteiger partial charge on any atom is -0.372 e. The minimum atomic E-state index is -0.168. The number of ether oxygens (including phenoxy) is 2. The van der Waals surface area contributed by atoms with Crippen molar-refractivity contribution in [3.05, 3.63) is 48.0 Å². The number of benzene rings is 1. The normalized spacial score (nSPS) is 29.0. The van der Waals surface area contributed by atoms with Gasteiger partial charge < -0.3 is 9.47 Å². The maximum absolute atomic E-state index is 8.83. The second-order valence-electron chi connectivity index (χ2n) is 7.63. The topological polar surface area (TPSA) is 42.2 Å². The molecule has 3 unspecified atom stereocenters. The molecular weight excluding hydrogens is 334 g/mol. The summed E-state index contributed by atoms with van der Waals surface area (Å²) in [5, 5.41) is 8.83. The van der Waals surface area contributed by atoms with Crippen LogP contribution in [0.2, 0.25) is 0 Å². The van der Waals surface area contributed by atoms with Gasteiger partial charge in [-0.1, -0.05) is 24.8 Å². The highest BCUT2D eigenvalue weighted by atomic mass is 16.6. The maximum Gasteiger partial charge on any atom is 0.141 e. The van der Waals surface area contributed by atoms with Gasteiger partial charge in [-0.05, 0) is 74.1 Å². The van der Waals surface area contributed by atoms with Crippen molar-refractivity contribution < 1.29 is 9.47 Å². The van der Waals surface area contributed by atoms with E-state index in [0.29, 0.717) is 30.6 Å². The van der Waals surface area contributed by atoms with Crippen LogP contribution in [0.3, 0.4) is 0 Å². The molecule has 3 rings (SSSR count). The van der Waals surface area contributed by atoms with E-state index >= 15 is 0 Å². The van der Waals surface area contributed by atoms with E-state index in [4.69, 9.17) is 14.7 Å². The molecule has 27 heavy (non-hydrogen) atoms. The van der Waals surface area contributed by atoms with Crippen LogP contribution in [0.25, 0.3) is 0 Å². The average Bonchev–Trinajstić information content (AvgIpc) is 2.74. The van der Waals surface area contributed by atoms with Gasteiger partial charge in [0.2, 0.25) is 0 Å². The number of hydrogen-bond acceptors (Lipinski definition) is 3. The number of hydrogen-bond donors (Lipinski definition) is 0. The summed E-state index contributed by atoms with van der Waals surface area (Å²) in [5.41, 5.74) is 1.54. The Bertz CT molecular complexity index is 705. The first-order chi connectivity index (χ1) is 13.2. The molecule has 2 fully saturated rings. The van der Waals surface area contributed by atoms with E-state index in [0.717, 1.165) is 11.5 Å². The van der Waals surface area contributed by atoms with Gasteiger partial charge in [-0.2, -0.15) is 5.26 Å². The SMILES string of the molecule is C=CC(CC)[C@H]1CC[C@H](C2COC(C#Cc3ccc(C#N)cc3)CO2)CC1. The Morgan fingerprint density at radius 2 is 1.81 bits per heavy atom. The van der Waals surface area contributed by atoms with Gasteiger partial charge in [-0.15, -0.1) is 6.58 Å². The van der Waals surface area contributed by atoms with E-state index < -0.39 is 0 Å². The molecule has 1 saturated heterocycles. The monoisotopic (exact) mass is 363 g/mol. The van der Waals surface area contributed by atoms with Gasteiger partial charge in [-0.25, -0.2) is 0 Å². The van der Waals surface area contributed by atoms with Crippen LogP contribution in [0.15, 0.2) is 36.9 Å². The highest BCUT2D eigenvalue weighted by molar-refractivity contribution is 5.40. The summed E-state index contributed by atoms with van der Waals surface area (Å²) in [6, 6.07) is 9.41. The van der Waals surface area contributed by atoms with Crippen LogP contribution in [0.1, 0.15) is 50.2 Å². The van der Waals surface area contributed by atoms with Gasteiger partial charge in [0.25, 0.3) is 0 Å². The molecule has 0 N–H and O–H groups in total. The standard InChI is InChI=1S/C24H29NO2/c1-3-20(4-2)21-10-12-22(13-11-21)24-17-26-23(16-27-24)14-9-18-5-7-19(15-25)8-6-18/h3,5-8,20-24H,1,4,10-13,16-17H2,2H3/t20?,21-,22-,23?,24?. The third kappa shape index (κ3) is 5.23. The molecular formula is C24H29NO2. The first-order valence-electron chi connectivity index (χ1n) is 10.1. The van der Waals surface area contributed by atoms with Crippen molar-refractivity contribution >= 4 is 0 Å². The van der Waals surface area contributed by atoms with Crippen LogP contribution in [0.4, 0.5) is 0 Å². The van der Waals surface area contributed by atoms with Crippen LogP contribution in [0.5, 0.6) is 0 Å². The number of rotatable bonds is 4. The molecule has 1 aliphatic heterocycles. The molecule has 3 atom stereocenters. The van der Waals surface area contributed by atoms with Crippen molar-refractivity contribution in [3.63, 3.8) is 0 Å². The zero-order chi connectivity index (χ0) is 19.1. The Hall–Kier alpha value is -2.07. The first kappa shape index (κ1) is 19.7. The predicted molar refractivity (Wildman–Crippen MR) is 107 cm³/mol. The molecule has 1 aromatic rings. The van der Waals surface area contributed by atoms with Crippen molar-refractivity contribution in [1.82, 2.24) is 0 Å². The van der Waals surface area contributed by atoms with Crippen molar-refractivity contribution in [1.29, 1.82) is 5.26 Å². The van der Waals surface area contributed by atoms with Crippen LogP contribution < -0.4 is 0 Å². The van der Waals surface area contributed by atoms with Gasteiger partial charge in [0.1, 0.15) is 6.10 Å². The van der Waals surface area contributed by atoms with Crippen molar-refractivity contribution in [2.24, 2.45) is 17.8 Å². The fourth-order valence-corrected chi connectivity index (χ4v) is 4.30. The second-order valence-corrected chi connectivity index (χ2v) is 7.63. The summed E-state index contributed by atoms with van der Waals surface area (Å²) >= 11 is 0. The summed E-state index contributed by atoms with van der Waals surface area (Å²) < 4.78 is 12.1. The Morgan fingerprint density at radius 3 is 2.37 bits per heavy atom. The largest absolute Gasteiger partial charge is 0.372 e. The van der Waals surface area contributed by atoms with E-state index in [2.05, 4.69) is 37.5 Å². The smallest absolute Gasteiger partial charge is 0.141 e. The zero-order valence-corrected chi connectivity index (χ0v) is 16.2. The predicted octanol–water partition coefficient (Wildman–Crippen LogP) is 4.71. The molecule has 0 aromatic heterocycles. The average molecular weight is 364 g/mol.